The van der Waals surface area contributed by atoms with Crippen LogP contribution >= 0.6 is 0 Å². The molecule has 1 unspecified atom stereocenters. The van der Waals surface area contributed by atoms with Gasteiger partial charge in [0.15, 0.2) is 0 Å². The van der Waals surface area contributed by atoms with Gasteiger partial charge in [0.05, 0.1) is 0 Å². The standard InChI is InChI=1S/C12H22F2N2/c1-3-9(2)8-11(16-15)10-4-6-12(13,14)7-5-10/h10-11,16H,2-8,15H2,1H3. The minimum atomic E-state index is -2.46. The lowest BCUT2D eigenvalue weighted by Gasteiger charge is -2.33. The molecule has 94 valence electrons. The van der Waals surface area contributed by atoms with Crippen molar-refractivity contribution in [2.24, 2.45) is 11.8 Å². The van der Waals surface area contributed by atoms with E-state index in [2.05, 4.69) is 12.0 Å². The van der Waals surface area contributed by atoms with E-state index in [1.165, 1.54) is 0 Å². The van der Waals surface area contributed by atoms with Crippen LogP contribution in [0.4, 0.5) is 8.78 Å². The van der Waals surface area contributed by atoms with Gasteiger partial charge in [-0.05, 0) is 31.6 Å². The van der Waals surface area contributed by atoms with Crippen molar-refractivity contribution in [1.29, 1.82) is 0 Å². The second-order valence-corrected chi connectivity index (χ2v) is 4.77. The summed E-state index contributed by atoms with van der Waals surface area (Å²) in [4.78, 5) is 0. The second kappa shape index (κ2) is 5.73. The molecule has 16 heavy (non-hydrogen) atoms. The summed E-state index contributed by atoms with van der Waals surface area (Å²) < 4.78 is 26.0. The number of hydrogen-bond donors (Lipinski definition) is 2. The van der Waals surface area contributed by atoms with E-state index in [1.54, 1.807) is 0 Å². The molecule has 0 aromatic carbocycles. The van der Waals surface area contributed by atoms with Crippen LogP contribution < -0.4 is 11.3 Å². The average molecular weight is 232 g/mol. The van der Waals surface area contributed by atoms with Gasteiger partial charge in [-0.2, -0.15) is 0 Å². The first kappa shape index (κ1) is 13.6. The molecule has 0 spiro atoms. The highest BCUT2D eigenvalue weighted by Gasteiger charge is 2.37. The topological polar surface area (TPSA) is 38.0 Å². The third-order valence-electron chi connectivity index (χ3n) is 3.55. The molecule has 1 rings (SSSR count). The van der Waals surface area contributed by atoms with Crippen molar-refractivity contribution in [3.05, 3.63) is 12.2 Å². The number of halogens is 2. The summed E-state index contributed by atoms with van der Waals surface area (Å²) in [6, 6.07) is 0.101. The van der Waals surface area contributed by atoms with Crippen LogP contribution in [-0.4, -0.2) is 12.0 Å². The number of alkyl halides is 2. The van der Waals surface area contributed by atoms with Crippen molar-refractivity contribution in [3.63, 3.8) is 0 Å². The molecule has 1 aliphatic carbocycles. The molecule has 1 aliphatic rings. The summed E-state index contributed by atoms with van der Waals surface area (Å²) in [7, 11) is 0. The van der Waals surface area contributed by atoms with Gasteiger partial charge in [0.25, 0.3) is 0 Å². The van der Waals surface area contributed by atoms with Crippen molar-refractivity contribution < 1.29 is 8.78 Å². The number of rotatable bonds is 5. The van der Waals surface area contributed by atoms with Crippen molar-refractivity contribution in [2.45, 2.75) is 57.4 Å². The summed E-state index contributed by atoms with van der Waals surface area (Å²) in [5.41, 5.74) is 3.88. The predicted octanol–water partition coefficient (Wildman–Crippen LogP) is 3.00. The summed E-state index contributed by atoms with van der Waals surface area (Å²) in [6.45, 7) is 5.99. The molecule has 0 aliphatic heterocycles. The van der Waals surface area contributed by atoms with Gasteiger partial charge in [-0.3, -0.25) is 11.3 Å². The first-order chi connectivity index (χ1) is 7.48. The van der Waals surface area contributed by atoms with Crippen LogP contribution in [0.1, 0.15) is 45.4 Å². The monoisotopic (exact) mass is 232 g/mol. The molecule has 1 atom stereocenters. The number of hydrogen-bond acceptors (Lipinski definition) is 2. The van der Waals surface area contributed by atoms with Crippen LogP contribution in [0, 0.1) is 5.92 Å². The van der Waals surface area contributed by atoms with E-state index in [0.717, 1.165) is 18.4 Å². The average Bonchev–Trinajstić information content (AvgIpc) is 2.26. The van der Waals surface area contributed by atoms with Gasteiger partial charge in [-0.25, -0.2) is 8.78 Å². The van der Waals surface area contributed by atoms with Gasteiger partial charge in [0.2, 0.25) is 5.92 Å². The van der Waals surface area contributed by atoms with E-state index < -0.39 is 5.92 Å². The van der Waals surface area contributed by atoms with E-state index in [4.69, 9.17) is 5.84 Å². The minimum absolute atomic E-state index is 0.00551. The molecule has 0 radical (unpaired) electrons. The smallest absolute Gasteiger partial charge is 0.248 e. The second-order valence-electron chi connectivity index (χ2n) is 4.77. The molecule has 3 N–H and O–H groups in total. The largest absolute Gasteiger partial charge is 0.271 e. The van der Waals surface area contributed by atoms with Crippen molar-refractivity contribution in [3.8, 4) is 0 Å². The van der Waals surface area contributed by atoms with Gasteiger partial charge in [-0.1, -0.05) is 19.1 Å². The van der Waals surface area contributed by atoms with Gasteiger partial charge in [0, 0.05) is 18.9 Å². The fourth-order valence-corrected chi connectivity index (χ4v) is 2.28. The van der Waals surface area contributed by atoms with Crippen LogP contribution in [0.25, 0.3) is 0 Å². The molecular formula is C12H22F2N2. The Balaban J connectivity index is 2.46. The predicted molar refractivity (Wildman–Crippen MR) is 62.1 cm³/mol. The highest BCUT2D eigenvalue weighted by molar-refractivity contribution is 4.98. The quantitative estimate of drug-likeness (QED) is 0.434. The Hall–Kier alpha value is -0.480. The van der Waals surface area contributed by atoms with E-state index >= 15 is 0 Å². The third kappa shape index (κ3) is 3.83. The molecule has 0 bridgehead atoms. The van der Waals surface area contributed by atoms with Gasteiger partial charge >= 0.3 is 0 Å². The van der Waals surface area contributed by atoms with Gasteiger partial charge < -0.3 is 0 Å². The number of nitrogens with two attached hydrogens (primary N) is 1. The lowest BCUT2D eigenvalue weighted by Crippen LogP contribution is -2.43. The van der Waals surface area contributed by atoms with E-state index in [0.29, 0.717) is 12.8 Å². The third-order valence-corrected chi connectivity index (χ3v) is 3.55. The maximum absolute atomic E-state index is 13.0. The number of nitrogens with one attached hydrogen (secondary N) is 1. The van der Waals surface area contributed by atoms with Crippen LogP contribution in [0.3, 0.4) is 0 Å². The fourth-order valence-electron chi connectivity index (χ4n) is 2.28. The Morgan fingerprint density at radius 2 is 2.06 bits per heavy atom. The Bertz CT molecular complexity index is 231. The molecule has 0 heterocycles. The van der Waals surface area contributed by atoms with E-state index in [9.17, 15) is 8.78 Å². The summed E-state index contributed by atoms with van der Waals surface area (Å²) >= 11 is 0. The van der Waals surface area contributed by atoms with Crippen molar-refractivity contribution >= 4 is 0 Å². The Labute approximate surface area is 96.2 Å². The van der Waals surface area contributed by atoms with Crippen molar-refractivity contribution in [1.82, 2.24) is 5.43 Å². The van der Waals surface area contributed by atoms with Gasteiger partial charge in [0.1, 0.15) is 0 Å². The highest BCUT2D eigenvalue weighted by Crippen LogP contribution is 2.38. The molecule has 0 saturated heterocycles. The zero-order valence-electron chi connectivity index (χ0n) is 9.94. The minimum Gasteiger partial charge on any atom is -0.271 e. The molecule has 2 nitrogen and oxygen atoms in total. The van der Waals surface area contributed by atoms with Crippen molar-refractivity contribution in [2.75, 3.05) is 0 Å². The first-order valence-corrected chi connectivity index (χ1v) is 5.99. The molecule has 0 aromatic heterocycles. The summed E-state index contributed by atoms with van der Waals surface area (Å²) in [5, 5.41) is 0. The fraction of sp³-hybridized carbons (Fsp3) is 0.833. The molecule has 0 amide bonds. The molecule has 0 aromatic rings. The molecular weight excluding hydrogens is 210 g/mol. The van der Waals surface area contributed by atoms with E-state index in [-0.39, 0.29) is 24.8 Å². The highest BCUT2D eigenvalue weighted by atomic mass is 19.3. The zero-order valence-corrected chi connectivity index (χ0v) is 9.94. The summed E-state index contributed by atoms with van der Waals surface area (Å²) in [6.07, 6.45) is 2.81. The zero-order chi connectivity index (χ0) is 12.2. The lowest BCUT2D eigenvalue weighted by molar-refractivity contribution is -0.0495. The maximum atomic E-state index is 13.0. The molecule has 1 fully saturated rings. The SMILES string of the molecule is C=C(CC)CC(NN)C1CCC(F)(F)CC1. The first-order valence-electron chi connectivity index (χ1n) is 5.99. The Morgan fingerprint density at radius 1 is 1.50 bits per heavy atom. The van der Waals surface area contributed by atoms with Crippen LogP contribution in [-0.2, 0) is 0 Å². The maximum Gasteiger partial charge on any atom is 0.248 e. The molecule has 1 saturated carbocycles. The van der Waals surface area contributed by atoms with Crippen LogP contribution in [0.15, 0.2) is 12.2 Å². The lowest BCUT2D eigenvalue weighted by atomic mass is 9.80. The van der Waals surface area contributed by atoms with Gasteiger partial charge in [-0.15, -0.1) is 0 Å². The molecule has 4 heteroatoms. The Morgan fingerprint density at radius 3 is 2.50 bits per heavy atom. The van der Waals surface area contributed by atoms with E-state index in [1.807, 2.05) is 6.92 Å². The summed E-state index contributed by atoms with van der Waals surface area (Å²) in [5.74, 6) is 3.29. The number of hydrazine groups is 1. The normalized spacial score (nSPS) is 23.0. The van der Waals surface area contributed by atoms with Crippen LogP contribution in [0.2, 0.25) is 0 Å². The Kier molecular flexibility index (Phi) is 4.87. The van der Waals surface area contributed by atoms with Crippen LogP contribution in [0.5, 0.6) is 0 Å².